The van der Waals surface area contributed by atoms with Crippen molar-refractivity contribution in [1.82, 2.24) is 4.90 Å². The van der Waals surface area contributed by atoms with Crippen molar-refractivity contribution in [2.24, 2.45) is 0 Å². The minimum atomic E-state index is -0.881. The summed E-state index contributed by atoms with van der Waals surface area (Å²) in [5, 5.41) is 13.7. The van der Waals surface area contributed by atoms with E-state index in [0.29, 0.717) is 54.7 Å². The predicted molar refractivity (Wildman–Crippen MR) is 126 cm³/mol. The fraction of sp³-hybridized carbons (Fsp3) is 0.385. The monoisotopic (exact) mass is 482 g/mol. The summed E-state index contributed by atoms with van der Waals surface area (Å²) < 4.78 is 22.0. The lowest BCUT2D eigenvalue weighted by Crippen LogP contribution is -3.05. The van der Waals surface area contributed by atoms with Crippen LogP contribution in [0.4, 0.5) is 0 Å². The van der Waals surface area contributed by atoms with E-state index < -0.39 is 23.5 Å². The lowest BCUT2D eigenvalue weighted by molar-refractivity contribution is -0.858. The summed E-state index contributed by atoms with van der Waals surface area (Å²) in [7, 11) is 7.07. The molecule has 0 bridgehead atoms. The number of methoxy groups -OCH3 is 2. The summed E-state index contributed by atoms with van der Waals surface area (Å²) in [6.45, 7) is 1.92. The topological polar surface area (TPSA) is 102 Å². The average Bonchev–Trinajstić information content (AvgIpc) is 3.12. The molecule has 2 heterocycles. The van der Waals surface area contributed by atoms with E-state index in [0.717, 1.165) is 6.54 Å². The van der Waals surface area contributed by atoms with Gasteiger partial charge in [-0.3, -0.25) is 9.59 Å². The van der Waals surface area contributed by atoms with E-state index in [4.69, 9.17) is 18.9 Å². The van der Waals surface area contributed by atoms with Crippen LogP contribution in [-0.2, 0) is 9.59 Å². The summed E-state index contributed by atoms with van der Waals surface area (Å²) in [4.78, 5) is 29.1. The van der Waals surface area contributed by atoms with Crippen molar-refractivity contribution in [2.45, 2.75) is 12.5 Å². The zero-order valence-electron chi connectivity index (χ0n) is 20.4. The Hall–Kier alpha value is -3.72. The molecule has 4 rings (SSSR count). The Morgan fingerprint density at radius 2 is 1.80 bits per heavy atom. The number of ketones is 1. The Labute approximate surface area is 204 Å². The van der Waals surface area contributed by atoms with Crippen LogP contribution in [-0.4, -0.2) is 71.2 Å². The second-order valence-corrected chi connectivity index (χ2v) is 8.75. The van der Waals surface area contributed by atoms with Crippen molar-refractivity contribution in [3.05, 3.63) is 53.1 Å². The summed E-state index contributed by atoms with van der Waals surface area (Å²) in [5.41, 5.74) is 0.695. The maximum absolute atomic E-state index is 13.7. The highest BCUT2D eigenvalue weighted by Gasteiger charge is 2.45. The van der Waals surface area contributed by atoms with E-state index in [1.165, 1.54) is 24.0 Å². The molecule has 186 valence electrons. The van der Waals surface area contributed by atoms with E-state index in [1.807, 2.05) is 14.1 Å². The van der Waals surface area contributed by atoms with Crippen LogP contribution >= 0.6 is 0 Å². The molecule has 2 aliphatic rings. The molecule has 35 heavy (non-hydrogen) atoms. The van der Waals surface area contributed by atoms with E-state index >= 15 is 0 Å². The summed E-state index contributed by atoms with van der Waals surface area (Å²) in [6.07, 6.45) is 0.668. The van der Waals surface area contributed by atoms with Gasteiger partial charge in [0.2, 0.25) is 5.78 Å². The minimum absolute atomic E-state index is 0.104. The van der Waals surface area contributed by atoms with Gasteiger partial charge in [-0.1, -0.05) is 11.8 Å². The molecular weight excluding hydrogens is 452 g/mol. The number of fused-ring (bicyclic) bond motifs is 1. The Morgan fingerprint density at radius 1 is 1.06 bits per heavy atom. The van der Waals surface area contributed by atoms with Gasteiger partial charge in [-0.15, -0.1) is 0 Å². The van der Waals surface area contributed by atoms with E-state index in [1.54, 1.807) is 36.4 Å². The number of quaternary nitrogens is 1. The molecule has 2 aromatic carbocycles. The number of rotatable bonds is 8. The highest BCUT2D eigenvalue weighted by atomic mass is 16.6. The number of hydrogen-bond acceptors (Lipinski definition) is 7. The van der Waals surface area contributed by atoms with Gasteiger partial charge in [-0.05, 0) is 29.8 Å². The summed E-state index contributed by atoms with van der Waals surface area (Å²) in [6, 6.07) is 9.03. The van der Waals surface area contributed by atoms with Crippen LogP contribution < -0.4 is 29.0 Å². The number of carbonyl (C=O) groups is 2. The zero-order valence-corrected chi connectivity index (χ0v) is 20.4. The van der Waals surface area contributed by atoms with Gasteiger partial charge in [0.05, 0.1) is 40.9 Å². The highest BCUT2D eigenvalue weighted by Crippen LogP contribution is 2.44. The molecule has 1 amide bonds. The average molecular weight is 483 g/mol. The van der Waals surface area contributed by atoms with Gasteiger partial charge in [0.25, 0.3) is 5.91 Å². The number of hydrogen-bond donors (Lipinski definition) is 1. The molecule has 0 aromatic heterocycles. The molecule has 0 saturated carbocycles. The van der Waals surface area contributed by atoms with Crippen molar-refractivity contribution in [3.63, 3.8) is 0 Å². The summed E-state index contributed by atoms with van der Waals surface area (Å²) >= 11 is 0. The lowest BCUT2D eigenvalue weighted by atomic mass is 9.94. The van der Waals surface area contributed by atoms with Gasteiger partial charge >= 0.3 is 0 Å². The molecule has 0 radical (unpaired) electrons. The van der Waals surface area contributed by atoms with Gasteiger partial charge in [-0.2, -0.15) is 0 Å². The number of ether oxygens (including phenoxy) is 4. The van der Waals surface area contributed by atoms with Gasteiger partial charge in [0.1, 0.15) is 24.7 Å². The number of nitrogens with one attached hydrogen (secondary N) is 1. The number of amides is 1. The second-order valence-electron chi connectivity index (χ2n) is 8.75. The number of likely N-dealkylation sites (tertiary alicyclic amines) is 1. The number of Topliss-reactive ketones (excluding diaryl/α,β-unsaturated/α-hetero) is 1. The molecule has 2 aliphatic heterocycles. The predicted octanol–water partition coefficient (Wildman–Crippen LogP) is 0.234. The first-order valence-electron chi connectivity index (χ1n) is 11.5. The van der Waals surface area contributed by atoms with Crippen LogP contribution in [0.2, 0.25) is 0 Å². The number of benzene rings is 2. The van der Waals surface area contributed by atoms with Crippen LogP contribution in [0.1, 0.15) is 23.6 Å². The van der Waals surface area contributed by atoms with Crippen LogP contribution in [0.25, 0.3) is 5.76 Å². The fourth-order valence-corrected chi connectivity index (χ4v) is 4.41. The van der Waals surface area contributed by atoms with Crippen LogP contribution in [0, 0.1) is 0 Å². The Kier molecular flexibility index (Phi) is 7.16. The molecule has 2 aromatic rings. The van der Waals surface area contributed by atoms with Crippen LogP contribution in [0.3, 0.4) is 0 Å². The van der Waals surface area contributed by atoms with Crippen molar-refractivity contribution < 1.29 is 38.5 Å². The molecule has 0 aliphatic carbocycles. The van der Waals surface area contributed by atoms with E-state index in [-0.39, 0.29) is 11.1 Å². The first-order valence-corrected chi connectivity index (χ1v) is 11.5. The first-order chi connectivity index (χ1) is 16.8. The fourth-order valence-electron chi connectivity index (χ4n) is 4.41. The first kappa shape index (κ1) is 24.4. The molecule has 1 atom stereocenters. The van der Waals surface area contributed by atoms with Gasteiger partial charge < -0.3 is 33.9 Å². The molecular formula is C26H30N2O7. The molecule has 9 nitrogen and oxygen atoms in total. The van der Waals surface area contributed by atoms with E-state index in [9.17, 15) is 14.7 Å². The van der Waals surface area contributed by atoms with Crippen LogP contribution in [0.5, 0.6) is 23.0 Å². The lowest BCUT2D eigenvalue weighted by Gasteiger charge is -2.29. The standard InChI is InChI=1S/C26H30N2O7/c1-27(2)10-5-11-28-23(18-8-7-17(32-3)15-20(18)33-4)22(25(30)26(28)31)24(29)16-6-9-19-21(14-16)35-13-12-34-19/h6-9,14-15,23,29H,5,10-13H2,1-4H3. The summed E-state index contributed by atoms with van der Waals surface area (Å²) in [5.74, 6) is -0.0654. The van der Waals surface area contributed by atoms with Crippen molar-refractivity contribution >= 4 is 17.4 Å². The maximum Gasteiger partial charge on any atom is 0.295 e. The third-order valence-corrected chi connectivity index (χ3v) is 6.14. The normalized spacial score (nSPS) is 18.8. The van der Waals surface area contributed by atoms with Gasteiger partial charge in [0.15, 0.2) is 11.5 Å². The van der Waals surface area contributed by atoms with Crippen molar-refractivity contribution in [3.8, 4) is 23.0 Å². The minimum Gasteiger partial charge on any atom is -0.872 e. The van der Waals surface area contributed by atoms with Gasteiger partial charge in [-0.25, -0.2) is 0 Å². The van der Waals surface area contributed by atoms with Gasteiger partial charge in [0, 0.05) is 30.2 Å². The Morgan fingerprint density at radius 3 is 2.49 bits per heavy atom. The Bertz CT molecular complexity index is 1160. The largest absolute Gasteiger partial charge is 0.872 e. The van der Waals surface area contributed by atoms with Crippen LogP contribution in [0.15, 0.2) is 42.0 Å². The molecule has 1 unspecified atom stereocenters. The molecule has 1 N–H and O–H groups in total. The van der Waals surface area contributed by atoms with E-state index in [2.05, 4.69) is 0 Å². The Balaban J connectivity index is 1.84. The maximum atomic E-state index is 13.7. The molecule has 1 fully saturated rings. The third-order valence-electron chi connectivity index (χ3n) is 6.14. The second kappa shape index (κ2) is 10.3. The third kappa shape index (κ3) is 4.77. The zero-order chi connectivity index (χ0) is 25.1. The number of nitrogens with zero attached hydrogens (tertiary/aromatic N) is 1. The quantitative estimate of drug-likeness (QED) is 0.327. The smallest absolute Gasteiger partial charge is 0.295 e. The van der Waals surface area contributed by atoms with Crippen molar-refractivity contribution in [1.29, 1.82) is 0 Å². The number of carbonyl (C=O) groups excluding carboxylic acids is 2. The highest BCUT2D eigenvalue weighted by molar-refractivity contribution is 6.46. The SMILES string of the molecule is COc1ccc(C2C(=C([O-])c3ccc4c(c3)OCCO4)C(=O)C(=O)N2CCC[NH+](C)C)c(OC)c1. The molecule has 0 spiro atoms. The molecule has 9 heteroatoms. The molecule has 1 saturated heterocycles. The van der Waals surface area contributed by atoms with Crippen molar-refractivity contribution in [2.75, 3.05) is 54.6 Å².